The molecule has 1 aliphatic rings. The molecule has 1 aliphatic heterocycles. The molecular formula is C22H20ClF4N3. The fraction of sp³-hybridized carbons (Fsp3) is 0.318. The van der Waals surface area contributed by atoms with Crippen LogP contribution in [0.4, 0.5) is 17.6 Å². The molecule has 30 heavy (non-hydrogen) atoms. The summed E-state index contributed by atoms with van der Waals surface area (Å²) in [6.07, 6.45) is -3.71. The lowest BCUT2D eigenvalue weighted by Gasteiger charge is -2.38. The summed E-state index contributed by atoms with van der Waals surface area (Å²) >= 11 is 5.94. The topological polar surface area (TPSA) is 31.9 Å². The number of halogens is 5. The number of nitrogens with one attached hydrogen (secondary N) is 1. The van der Waals surface area contributed by atoms with Crippen molar-refractivity contribution in [3.05, 3.63) is 76.7 Å². The number of H-pyrrole nitrogens is 1. The van der Waals surface area contributed by atoms with Gasteiger partial charge in [-0.3, -0.25) is 10.00 Å². The van der Waals surface area contributed by atoms with E-state index in [-0.39, 0.29) is 24.2 Å². The van der Waals surface area contributed by atoms with Gasteiger partial charge >= 0.3 is 6.18 Å². The molecule has 3 nitrogen and oxygen atoms in total. The van der Waals surface area contributed by atoms with Crippen molar-refractivity contribution in [2.24, 2.45) is 0 Å². The van der Waals surface area contributed by atoms with E-state index in [0.717, 1.165) is 22.5 Å². The number of hydrogen-bond acceptors (Lipinski definition) is 2. The fourth-order valence-electron chi connectivity index (χ4n) is 4.13. The zero-order valence-corrected chi connectivity index (χ0v) is 16.7. The number of benzene rings is 2. The standard InChI is InChI=1S/C22H20ClF4N3/c23-16-5-1-15(2-6-16)20-11-21(29-28-20)18-9-10-30(13-22(25,26)27)12-19(18)14-3-7-17(24)8-4-14/h1-8,11,18-19H,9-10,12-13H2,(H,28,29)/t18-,19+/m1/s1. The third-order valence-electron chi connectivity index (χ3n) is 5.54. The van der Waals surface area contributed by atoms with E-state index in [2.05, 4.69) is 10.2 Å². The number of piperidine rings is 1. The first-order valence-corrected chi connectivity index (χ1v) is 10.0. The van der Waals surface area contributed by atoms with Gasteiger partial charge in [-0.15, -0.1) is 0 Å². The summed E-state index contributed by atoms with van der Waals surface area (Å²) in [5.41, 5.74) is 3.32. The van der Waals surface area contributed by atoms with Crippen LogP contribution in [0.15, 0.2) is 54.6 Å². The van der Waals surface area contributed by atoms with Crippen LogP contribution >= 0.6 is 11.6 Å². The number of aromatic amines is 1. The minimum Gasteiger partial charge on any atom is -0.294 e. The third kappa shape index (κ3) is 4.84. The predicted molar refractivity (Wildman–Crippen MR) is 108 cm³/mol. The summed E-state index contributed by atoms with van der Waals surface area (Å²) in [6, 6.07) is 15.2. The number of alkyl halides is 3. The molecule has 1 fully saturated rings. The van der Waals surface area contributed by atoms with Crippen LogP contribution < -0.4 is 0 Å². The molecular weight excluding hydrogens is 418 g/mol. The normalized spacial score (nSPS) is 20.4. The van der Waals surface area contributed by atoms with Gasteiger partial charge in [-0.25, -0.2) is 4.39 Å². The van der Waals surface area contributed by atoms with Crippen LogP contribution in [0.2, 0.25) is 5.02 Å². The van der Waals surface area contributed by atoms with E-state index in [9.17, 15) is 17.6 Å². The molecule has 2 aromatic carbocycles. The smallest absolute Gasteiger partial charge is 0.294 e. The van der Waals surface area contributed by atoms with Crippen molar-refractivity contribution in [1.29, 1.82) is 0 Å². The molecule has 0 bridgehead atoms. The maximum Gasteiger partial charge on any atom is 0.401 e. The quantitative estimate of drug-likeness (QED) is 0.507. The second kappa shape index (κ2) is 8.40. The minimum atomic E-state index is -4.25. The molecule has 3 aromatic rings. The molecule has 0 saturated carbocycles. The molecule has 2 atom stereocenters. The van der Waals surface area contributed by atoms with Crippen LogP contribution in [0.3, 0.4) is 0 Å². The lowest BCUT2D eigenvalue weighted by Crippen LogP contribution is -2.43. The van der Waals surface area contributed by atoms with E-state index < -0.39 is 12.7 Å². The second-order valence-corrected chi connectivity index (χ2v) is 8.06. The molecule has 4 rings (SSSR count). The van der Waals surface area contributed by atoms with E-state index in [4.69, 9.17) is 11.6 Å². The summed E-state index contributed by atoms with van der Waals surface area (Å²) in [7, 11) is 0. The van der Waals surface area contributed by atoms with Crippen LogP contribution in [-0.2, 0) is 0 Å². The van der Waals surface area contributed by atoms with Gasteiger partial charge in [0.15, 0.2) is 0 Å². The summed E-state index contributed by atoms with van der Waals surface area (Å²) in [4.78, 5) is 1.42. The Balaban J connectivity index is 1.62. The van der Waals surface area contributed by atoms with Crippen LogP contribution in [0.25, 0.3) is 11.3 Å². The molecule has 2 heterocycles. The van der Waals surface area contributed by atoms with Gasteiger partial charge in [-0.1, -0.05) is 35.9 Å². The average molecular weight is 438 g/mol. The molecule has 1 aromatic heterocycles. The van der Waals surface area contributed by atoms with Crippen molar-refractivity contribution in [1.82, 2.24) is 15.1 Å². The highest BCUT2D eigenvalue weighted by molar-refractivity contribution is 6.30. The third-order valence-corrected chi connectivity index (χ3v) is 5.79. The molecule has 8 heteroatoms. The first-order chi connectivity index (χ1) is 14.3. The van der Waals surface area contributed by atoms with Crippen molar-refractivity contribution in [2.75, 3.05) is 19.6 Å². The maximum atomic E-state index is 13.4. The van der Waals surface area contributed by atoms with Gasteiger partial charge in [0.25, 0.3) is 0 Å². The number of rotatable bonds is 4. The Hall–Kier alpha value is -2.38. The molecule has 0 radical (unpaired) electrons. The highest BCUT2D eigenvalue weighted by atomic mass is 35.5. The maximum absolute atomic E-state index is 13.4. The molecule has 0 spiro atoms. The molecule has 0 unspecified atom stereocenters. The lowest BCUT2D eigenvalue weighted by molar-refractivity contribution is -0.148. The van der Waals surface area contributed by atoms with Crippen molar-refractivity contribution >= 4 is 11.6 Å². The predicted octanol–water partition coefficient (Wildman–Crippen LogP) is 6.00. The van der Waals surface area contributed by atoms with E-state index in [1.807, 2.05) is 18.2 Å². The van der Waals surface area contributed by atoms with E-state index in [1.54, 1.807) is 24.3 Å². The zero-order chi connectivity index (χ0) is 21.3. The second-order valence-electron chi connectivity index (χ2n) is 7.62. The van der Waals surface area contributed by atoms with E-state index >= 15 is 0 Å². The Morgan fingerprint density at radius 2 is 1.73 bits per heavy atom. The Morgan fingerprint density at radius 1 is 1.03 bits per heavy atom. The number of nitrogens with zero attached hydrogens (tertiary/aromatic N) is 2. The Kier molecular flexibility index (Phi) is 5.84. The molecule has 0 amide bonds. The summed E-state index contributed by atoms with van der Waals surface area (Å²) in [5.74, 6) is -0.626. The summed E-state index contributed by atoms with van der Waals surface area (Å²) in [5, 5.41) is 8.08. The van der Waals surface area contributed by atoms with Crippen LogP contribution in [0.5, 0.6) is 0 Å². The van der Waals surface area contributed by atoms with E-state index in [0.29, 0.717) is 18.0 Å². The van der Waals surface area contributed by atoms with Gasteiger partial charge in [0.2, 0.25) is 0 Å². The molecule has 1 N–H and O–H groups in total. The fourth-order valence-corrected chi connectivity index (χ4v) is 4.26. The first-order valence-electron chi connectivity index (χ1n) is 9.64. The van der Waals surface area contributed by atoms with Gasteiger partial charge in [0.05, 0.1) is 12.2 Å². The highest BCUT2D eigenvalue weighted by Gasteiger charge is 2.37. The van der Waals surface area contributed by atoms with Crippen LogP contribution in [0, 0.1) is 5.82 Å². The summed E-state index contributed by atoms with van der Waals surface area (Å²) < 4.78 is 52.2. The van der Waals surface area contributed by atoms with Crippen molar-refractivity contribution in [2.45, 2.75) is 24.4 Å². The van der Waals surface area contributed by atoms with Gasteiger partial charge in [0.1, 0.15) is 5.82 Å². The Labute approximate surface area is 176 Å². The Bertz CT molecular complexity index is 983. The largest absolute Gasteiger partial charge is 0.401 e. The SMILES string of the molecule is Fc1ccc([C@@H]2CN(CC(F)(F)F)CC[C@H]2c2cc(-c3ccc(Cl)cc3)n[nH]2)cc1. The molecule has 0 aliphatic carbocycles. The Morgan fingerprint density at radius 3 is 2.40 bits per heavy atom. The van der Waals surface area contributed by atoms with Crippen molar-refractivity contribution in [3.63, 3.8) is 0 Å². The first kappa shape index (κ1) is 20.9. The van der Waals surface area contributed by atoms with Crippen LogP contribution in [0.1, 0.15) is 29.5 Å². The zero-order valence-electron chi connectivity index (χ0n) is 16.0. The summed E-state index contributed by atoms with van der Waals surface area (Å²) in [6.45, 7) is -0.376. The van der Waals surface area contributed by atoms with Gasteiger partial charge in [-0.05, 0) is 48.9 Å². The molecule has 1 saturated heterocycles. The van der Waals surface area contributed by atoms with E-state index in [1.165, 1.54) is 17.0 Å². The average Bonchev–Trinajstić information content (AvgIpc) is 3.18. The van der Waals surface area contributed by atoms with Crippen LogP contribution in [-0.4, -0.2) is 40.9 Å². The van der Waals surface area contributed by atoms with Gasteiger partial charge < -0.3 is 0 Å². The van der Waals surface area contributed by atoms with Gasteiger partial charge in [-0.2, -0.15) is 18.3 Å². The number of likely N-dealkylation sites (tertiary alicyclic amines) is 1. The lowest BCUT2D eigenvalue weighted by atomic mass is 9.78. The van der Waals surface area contributed by atoms with Gasteiger partial charge in [0, 0.05) is 34.7 Å². The number of hydrogen-bond donors (Lipinski definition) is 1. The van der Waals surface area contributed by atoms with Crippen molar-refractivity contribution < 1.29 is 17.6 Å². The van der Waals surface area contributed by atoms with Crippen molar-refractivity contribution in [3.8, 4) is 11.3 Å². The number of aromatic nitrogens is 2. The molecule has 158 valence electrons. The minimum absolute atomic E-state index is 0.0477. The monoisotopic (exact) mass is 437 g/mol. The highest BCUT2D eigenvalue weighted by Crippen LogP contribution is 2.40.